The molecule has 1 spiro atoms. The highest BCUT2D eigenvalue weighted by Crippen LogP contribution is 2.36. The average molecular weight is 345 g/mol. The molecule has 22 heavy (non-hydrogen) atoms. The van der Waals surface area contributed by atoms with E-state index >= 15 is 0 Å². The first-order chi connectivity index (χ1) is 10.2. The Morgan fingerprint density at radius 1 is 1.27 bits per heavy atom. The summed E-state index contributed by atoms with van der Waals surface area (Å²) in [5.41, 5.74) is 0.431. The molecule has 3 rings (SSSR count). The van der Waals surface area contributed by atoms with Crippen LogP contribution < -0.4 is 10.1 Å². The van der Waals surface area contributed by atoms with Crippen molar-refractivity contribution in [2.45, 2.75) is 19.3 Å². The Morgan fingerprint density at radius 3 is 2.64 bits per heavy atom. The van der Waals surface area contributed by atoms with Gasteiger partial charge in [0.25, 0.3) is 5.91 Å². The van der Waals surface area contributed by atoms with Gasteiger partial charge in [-0.15, -0.1) is 12.4 Å². The lowest BCUT2D eigenvalue weighted by Crippen LogP contribution is -2.45. The molecule has 0 saturated carbocycles. The summed E-state index contributed by atoms with van der Waals surface area (Å²) in [4.78, 5) is 14.1. The van der Waals surface area contributed by atoms with E-state index in [1.54, 1.807) is 12.1 Å². The van der Waals surface area contributed by atoms with E-state index < -0.39 is 0 Å². The molecule has 0 radical (unpaired) electrons. The quantitative estimate of drug-likeness (QED) is 0.916. The standard InChI is InChI=1S/C16H21ClN2O2.ClH/c17-13-3-1-2-4-14(13)21-11-15(20)19-9-6-16(7-10-19)5-8-18-12-16;/h1-4,18H,5-12H2;1H. The zero-order valence-electron chi connectivity index (χ0n) is 12.5. The minimum absolute atomic E-state index is 0. The van der Waals surface area contributed by atoms with Crippen molar-refractivity contribution < 1.29 is 9.53 Å². The summed E-state index contributed by atoms with van der Waals surface area (Å²) < 4.78 is 5.53. The number of nitrogens with one attached hydrogen (secondary N) is 1. The van der Waals surface area contributed by atoms with Gasteiger partial charge in [-0.2, -0.15) is 0 Å². The van der Waals surface area contributed by atoms with Gasteiger partial charge in [-0.1, -0.05) is 23.7 Å². The number of piperidine rings is 1. The smallest absolute Gasteiger partial charge is 0.260 e. The SMILES string of the molecule is Cl.O=C(COc1ccccc1Cl)N1CCC2(CCNC2)CC1. The molecule has 2 heterocycles. The highest BCUT2D eigenvalue weighted by Gasteiger charge is 2.37. The Hall–Kier alpha value is -0.970. The number of rotatable bonds is 3. The number of para-hydroxylation sites is 1. The van der Waals surface area contributed by atoms with Crippen molar-refractivity contribution in [2.24, 2.45) is 5.41 Å². The second kappa shape index (κ2) is 7.53. The third-order valence-corrected chi connectivity index (χ3v) is 5.01. The topological polar surface area (TPSA) is 41.6 Å². The van der Waals surface area contributed by atoms with Crippen LogP contribution in [-0.4, -0.2) is 43.6 Å². The Bertz CT molecular complexity index is 509. The van der Waals surface area contributed by atoms with E-state index in [9.17, 15) is 4.79 Å². The van der Waals surface area contributed by atoms with Crippen LogP contribution >= 0.6 is 24.0 Å². The number of nitrogens with zero attached hydrogens (tertiary/aromatic N) is 1. The highest BCUT2D eigenvalue weighted by molar-refractivity contribution is 6.32. The van der Waals surface area contributed by atoms with Crippen molar-refractivity contribution in [1.82, 2.24) is 10.2 Å². The van der Waals surface area contributed by atoms with Crippen LogP contribution in [0.1, 0.15) is 19.3 Å². The molecule has 0 aliphatic carbocycles. The fraction of sp³-hybridized carbons (Fsp3) is 0.562. The first-order valence-corrected chi connectivity index (χ1v) is 7.92. The van der Waals surface area contributed by atoms with Gasteiger partial charge in [-0.3, -0.25) is 4.79 Å². The molecule has 1 aromatic carbocycles. The number of hydrogen-bond acceptors (Lipinski definition) is 3. The summed E-state index contributed by atoms with van der Waals surface area (Å²) in [6.45, 7) is 3.96. The lowest BCUT2D eigenvalue weighted by molar-refractivity contribution is -0.135. The summed E-state index contributed by atoms with van der Waals surface area (Å²) in [5, 5.41) is 3.98. The normalized spacial score (nSPS) is 19.8. The summed E-state index contributed by atoms with van der Waals surface area (Å²) >= 11 is 6.02. The van der Waals surface area contributed by atoms with Gasteiger partial charge in [0.1, 0.15) is 5.75 Å². The van der Waals surface area contributed by atoms with Crippen LogP contribution in [0.3, 0.4) is 0 Å². The van der Waals surface area contributed by atoms with Crippen LogP contribution in [0.15, 0.2) is 24.3 Å². The molecule has 2 saturated heterocycles. The predicted molar refractivity (Wildman–Crippen MR) is 89.9 cm³/mol. The molecule has 1 N–H and O–H groups in total. The van der Waals surface area contributed by atoms with Gasteiger partial charge in [0, 0.05) is 19.6 Å². The average Bonchev–Trinajstić information content (AvgIpc) is 2.95. The van der Waals surface area contributed by atoms with Crippen molar-refractivity contribution in [1.29, 1.82) is 0 Å². The maximum absolute atomic E-state index is 12.2. The number of likely N-dealkylation sites (tertiary alicyclic amines) is 1. The molecule has 2 fully saturated rings. The number of carbonyl (C=O) groups excluding carboxylic acids is 1. The van der Waals surface area contributed by atoms with Crippen molar-refractivity contribution in [3.63, 3.8) is 0 Å². The molecule has 0 aromatic heterocycles. The first-order valence-electron chi connectivity index (χ1n) is 7.54. The van der Waals surface area contributed by atoms with Gasteiger partial charge < -0.3 is 15.0 Å². The molecule has 2 aliphatic heterocycles. The van der Waals surface area contributed by atoms with E-state index in [-0.39, 0.29) is 24.9 Å². The number of hydrogen-bond donors (Lipinski definition) is 1. The van der Waals surface area contributed by atoms with Crippen molar-refractivity contribution >= 4 is 29.9 Å². The minimum atomic E-state index is 0. The summed E-state index contributed by atoms with van der Waals surface area (Å²) in [7, 11) is 0. The van der Waals surface area contributed by atoms with Crippen molar-refractivity contribution in [3.8, 4) is 5.75 Å². The lowest BCUT2D eigenvalue weighted by atomic mass is 9.78. The molecule has 0 unspecified atom stereocenters. The van der Waals surface area contributed by atoms with Gasteiger partial charge >= 0.3 is 0 Å². The molecule has 6 heteroatoms. The van der Waals surface area contributed by atoms with Crippen LogP contribution in [0.5, 0.6) is 5.75 Å². The van der Waals surface area contributed by atoms with Gasteiger partial charge in [0.05, 0.1) is 5.02 Å². The van der Waals surface area contributed by atoms with Crippen LogP contribution in [0.25, 0.3) is 0 Å². The number of benzene rings is 1. The van der Waals surface area contributed by atoms with Gasteiger partial charge in [-0.25, -0.2) is 0 Å². The number of ether oxygens (including phenoxy) is 1. The van der Waals surface area contributed by atoms with Crippen LogP contribution in [0, 0.1) is 5.41 Å². The fourth-order valence-corrected chi connectivity index (χ4v) is 3.44. The fourth-order valence-electron chi connectivity index (χ4n) is 3.25. The zero-order valence-corrected chi connectivity index (χ0v) is 14.1. The molecular weight excluding hydrogens is 323 g/mol. The molecule has 0 bridgehead atoms. The molecule has 122 valence electrons. The second-order valence-electron chi connectivity index (χ2n) is 6.03. The van der Waals surface area contributed by atoms with E-state index in [1.807, 2.05) is 17.0 Å². The Balaban J connectivity index is 0.00000176. The van der Waals surface area contributed by atoms with Crippen molar-refractivity contribution in [3.05, 3.63) is 29.3 Å². The van der Waals surface area contributed by atoms with E-state index in [4.69, 9.17) is 16.3 Å². The third-order valence-electron chi connectivity index (χ3n) is 4.70. The molecule has 0 atom stereocenters. The minimum Gasteiger partial charge on any atom is -0.482 e. The first kappa shape index (κ1) is 17.4. The maximum Gasteiger partial charge on any atom is 0.260 e. The Morgan fingerprint density at radius 2 is 2.00 bits per heavy atom. The number of amides is 1. The summed E-state index contributed by atoms with van der Waals surface area (Å²) in [5.74, 6) is 0.622. The summed E-state index contributed by atoms with van der Waals surface area (Å²) in [6.07, 6.45) is 3.43. The monoisotopic (exact) mass is 344 g/mol. The van der Waals surface area contributed by atoms with E-state index in [1.165, 1.54) is 6.42 Å². The highest BCUT2D eigenvalue weighted by atomic mass is 35.5. The summed E-state index contributed by atoms with van der Waals surface area (Å²) in [6, 6.07) is 7.24. The lowest BCUT2D eigenvalue weighted by Gasteiger charge is -2.38. The van der Waals surface area contributed by atoms with Crippen LogP contribution in [-0.2, 0) is 4.79 Å². The zero-order chi connectivity index (χ0) is 14.7. The number of carbonyl (C=O) groups is 1. The van der Waals surface area contributed by atoms with E-state index in [0.717, 1.165) is 39.0 Å². The molecule has 4 nitrogen and oxygen atoms in total. The third kappa shape index (κ3) is 3.86. The largest absolute Gasteiger partial charge is 0.482 e. The van der Waals surface area contributed by atoms with Gasteiger partial charge in [0.2, 0.25) is 0 Å². The Labute approximate surface area is 142 Å². The van der Waals surface area contributed by atoms with E-state index in [0.29, 0.717) is 16.2 Å². The second-order valence-corrected chi connectivity index (χ2v) is 6.43. The number of halogens is 2. The molecule has 1 amide bonds. The van der Waals surface area contributed by atoms with Gasteiger partial charge in [0.15, 0.2) is 6.61 Å². The van der Waals surface area contributed by atoms with E-state index in [2.05, 4.69) is 5.32 Å². The van der Waals surface area contributed by atoms with Gasteiger partial charge in [-0.05, 0) is 43.4 Å². The molecule has 2 aliphatic rings. The molecule has 1 aromatic rings. The van der Waals surface area contributed by atoms with Crippen LogP contribution in [0.2, 0.25) is 5.02 Å². The van der Waals surface area contributed by atoms with Crippen LogP contribution in [0.4, 0.5) is 0 Å². The van der Waals surface area contributed by atoms with Crippen molar-refractivity contribution in [2.75, 3.05) is 32.8 Å². The Kier molecular flexibility index (Phi) is 5.95. The maximum atomic E-state index is 12.2. The molecular formula is C16H22Cl2N2O2. The predicted octanol–water partition coefficient (Wildman–Crippen LogP) is 2.74.